The summed E-state index contributed by atoms with van der Waals surface area (Å²) >= 11 is 0. The van der Waals surface area contributed by atoms with Crippen molar-refractivity contribution in [2.45, 2.75) is 133 Å². The molecule has 0 unspecified atom stereocenters. The van der Waals surface area contributed by atoms with Crippen molar-refractivity contribution in [2.24, 2.45) is 50.7 Å². The molecule has 1 nitrogen and oxygen atoms in total. The molecule has 5 aliphatic rings. The van der Waals surface area contributed by atoms with Crippen LogP contribution in [0.1, 0.15) is 121 Å². The molecule has 0 bridgehead atoms. The van der Waals surface area contributed by atoms with Crippen molar-refractivity contribution >= 4 is 0 Å². The van der Waals surface area contributed by atoms with Crippen LogP contribution >= 0.6 is 0 Å². The summed E-state index contributed by atoms with van der Waals surface area (Å²) in [5.74, 6) is 2.86. The highest BCUT2D eigenvalue weighted by Gasteiger charge is 2.70. The Morgan fingerprint density at radius 3 is 2.09 bits per heavy atom. The Bertz CT molecular complexity index is 915. The first-order valence-electron chi connectivity index (χ1n) is 14.6. The van der Waals surface area contributed by atoms with Crippen LogP contribution in [-0.4, -0.2) is 11.7 Å². The number of hydrogen-bond donors (Lipinski definition) is 0. The van der Waals surface area contributed by atoms with E-state index in [2.05, 4.69) is 88.3 Å². The molecule has 0 spiro atoms. The first kappa shape index (κ1) is 25.1. The van der Waals surface area contributed by atoms with Gasteiger partial charge in [0.15, 0.2) is 0 Å². The van der Waals surface area contributed by atoms with Gasteiger partial charge in [-0.3, -0.25) is 0 Å². The van der Waals surface area contributed by atoms with Gasteiger partial charge in [0, 0.05) is 0 Å². The number of fused-ring (bicyclic) bond motifs is 5. The first-order chi connectivity index (χ1) is 15.5. The topological polar surface area (TPSA) is 9.23 Å². The molecule has 0 aromatic rings. The minimum absolute atomic E-state index is 0.0226. The predicted molar refractivity (Wildman–Crippen MR) is 145 cm³/mol. The van der Waals surface area contributed by atoms with E-state index in [9.17, 15) is 0 Å². The summed E-state index contributed by atoms with van der Waals surface area (Å²) in [6, 6.07) is 0. The maximum atomic E-state index is 7.09. The summed E-state index contributed by atoms with van der Waals surface area (Å²) < 4.78 is 7.09. The molecule has 9 atom stereocenters. The van der Waals surface area contributed by atoms with Crippen molar-refractivity contribution in [1.82, 2.24) is 0 Å². The van der Waals surface area contributed by atoms with E-state index in [-0.39, 0.29) is 11.0 Å². The van der Waals surface area contributed by atoms with Crippen LogP contribution in [0, 0.1) is 50.7 Å². The SMILES string of the molecule is C[C@H]1C[C@@]2(C)[C@@H]3CC=C4C(=CC[C@H](C)C4(C)C)[C@]3(C)CC[C@]2(C)[C@H]1[C@@]1(C)CC[C@@H](C(C)(C)C)O1. The van der Waals surface area contributed by atoms with Crippen LogP contribution in [0.2, 0.25) is 0 Å². The van der Waals surface area contributed by atoms with Gasteiger partial charge in [-0.25, -0.2) is 0 Å². The fraction of sp³-hybridized carbons (Fsp3) is 0.879. The molecular weight excluding hydrogens is 412 g/mol. The Morgan fingerprint density at radius 2 is 1.47 bits per heavy atom. The molecule has 1 heteroatoms. The van der Waals surface area contributed by atoms with E-state index in [4.69, 9.17) is 4.74 Å². The summed E-state index contributed by atoms with van der Waals surface area (Å²) in [5, 5.41) is 0. The second-order valence-electron chi connectivity index (χ2n) is 16.1. The molecule has 1 heterocycles. The normalized spacial score (nSPS) is 52.4. The molecule has 3 fully saturated rings. The summed E-state index contributed by atoms with van der Waals surface area (Å²) in [7, 11) is 0. The lowest BCUT2D eigenvalue weighted by atomic mass is 9.40. The third kappa shape index (κ3) is 3.07. The second kappa shape index (κ2) is 7.26. The Kier molecular flexibility index (Phi) is 5.36. The standard InChI is InChI=1S/C33H54O/c1-21-20-32(10)25-15-14-23-24(13-12-22(2)29(23,6)7)30(25,8)18-19-31(32,9)27(21)33(11)17-16-26(34-33)28(3,4)5/h13-14,21-22,25-27H,12,15-20H2,1-11H3/t21-,22-,25+,26-,27-,30-,31+,32-,33+/m0/s1. The lowest BCUT2D eigenvalue weighted by Gasteiger charge is -2.64. The summed E-state index contributed by atoms with van der Waals surface area (Å²) in [4.78, 5) is 0. The average Bonchev–Trinajstić information content (AvgIpc) is 3.20. The van der Waals surface area contributed by atoms with E-state index in [1.54, 1.807) is 11.1 Å². The molecule has 2 saturated carbocycles. The molecule has 0 amide bonds. The van der Waals surface area contributed by atoms with Gasteiger partial charge in [-0.1, -0.05) is 81.4 Å². The van der Waals surface area contributed by atoms with Gasteiger partial charge in [-0.15, -0.1) is 0 Å². The number of hydrogen-bond acceptors (Lipinski definition) is 1. The predicted octanol–water partition coefficient (Wildman–Crippen LogP) is 9.38. The van der Waals surface area contributed by atoms with Crippen LogP contribution in [0.3, 0.4) is 0 Å². The molecule has 4 aliphatic carbocycles. The summed E-state index contributed by atoms with van der Waals surface area (Å²) in [5.41, 5.74) is 5.04. The van der Waals surface area contributed by atoms with Crippen LogP contribution < -0.4 is 0 Å². The molecule has 192 valence electrons. The average molecular weight is 467 g/mol. The maximum Gasteiger partial charge on any atom is 0.0695 e. The number of allylic oxidation sites excluding steroid dienone is 4. The summed E-state index contributed by atoms with van der Waals surface area (Å²) in [6.07, 6.45) is 14.8. The minimum Gasteiger partial charge on any atom is -0.371 e. The van der Waals surface area contributed by atoms with E-state index in [1.807, 2.05) is 0 Å². The van der Waals surface area contributed by atoms with Crippen LogP contribution in [0.25, 0.3) is 0 Å². The van der Waals surface area contributed by atoms with Gasteiger partial charge in [-0.2, -0.15) is 0 Å². The van der Waals surface area contributed by atoms with Crippen molar-refractivity contribution < 1.29 is 4.74 Å². The molecule has 1 saturated heterocycles. The molecule has 0 radical (unpaired) electrons. The quantitative estimate of drug-likeness (QED) is 0.374. The van der Waals surface area contributed by atoms with E-state index in [1.165, 1.54) is 44.9 Å². The highest BCUT2D eigenvalue weighted by Crippen LogP contribution is 2.76. The zero-order valence-electron chi connectivity index (χ0n) is 24.4. The smallest absolute Gasteiger partial charge is 0.0695 e. The Morgan fingerprint density at radius 1 is 0.824 bits per heavy atom. The number of ether oxygens (including phenoxy) is 1. The van der Waals surface area contributed by atoms with Gasteiger partial charge in [0.05, 0.1) is 11.7 Å². The van der Waals surface area contributed by atoms with E-state index >= 15 is 0 Å². The lowest BCUT2D eigenvalue weighted by Crippen LogP contribution is -2.58. The van der Waals surface area contributed by atoms with E-state index in [0.717, 1.165) is 17.8 Å². The fourth-order valence-electron chi connectivity index (χ4n) is 10.7. The maximum absolute atomic E-state index is 7.09. The number of rotatable bonds is 1. The van der Waals surface area contributed by atoms with Crippen LogP contribution in [0.15, 0.2) is 23.3 Å². The monoisotopic (exact) mass is 466 g/mol. The van der Waals surface area contributed by atoms with E-state index < -0.39 is 0 Å². The third-order valence-electron chi connectivity index (χ3n) is 13.0. The third-order valence-corrected chi connectivity index (χ3v) is 13.0. The van der Waals surface area contributed by atoms with Crippen LogP contribution in [0.5, 0.6) is 0 Å². The van der Waals surface area contributed by atoms with Crippen molar-refractivity contribution in [3.63, 3.8) is 0 Å². The van der Waals surface area contributed by atoms with Gasteiger partial charge in [0.1, 0.15) is 0 Å². The highest BCUT2D eigenvalue weighted by molar-refractivity contribution is 5.47. The zero-order chi connectivity index (χ0) is 25.1. The summed E-state index contributed by atoms with van der Waals surface area (Å²) in [6.45, 7) is 27.7. The second-order valence-corrected chi connectivity index (χ2v) is 16.1. The fourth-order valence-corrected chi connectivity index (χ4v) is 10.7. The zero-order valence-corrected chi connectivity index (χ0v) is 24.4. The van der Waals surface area contributed by atoms with Gasteiger partial charge in [-0.05, 0) is 114 Å². The Labute approximate surface area is 211 Å². The largest absolute Gasteiger partial charge is 0.371 e. The van der Waals surface area contributed by atoms with Gasteiger partial charge in [0.25, 0.3) is 0 Å². The van der Waals surface area contributed by atoms with Crippen molar-refractivity contribution in [2.75, 3.05) is 0 Å². The van der Waals surface area contributed by atoms with E-state index in [0.29, 0.717) is 33.7 Å². The molecule has 0 N–H and O–H groups in total. The minimum atomic E-state index is 0.0226. The molecule has 34 heavy (non-hydrogen) atoms. The van der Waals surface area contributed by atoms with Crippen molar-refractivity contribution in [3.05, 3.63) is 23.3 Å². The van der Waals surface area contributed by atoms with Crippen molar-refractivity contribution in [3.8, 4) is 0 Å². The van der Waals surface area contributed by atoms with Gasteiger partial charge in [0.2, 0.25) is 0 Å². The Balaban J connectivity index is 1.53. The highest BCUT2D eigenvalue weighted by atomic mass is 16.5. The lowest BCUT2D eigenvalue weighted by molar-refractivity contribution is -0.167. The van der Waals surface area contributed by atoms with Crippen LogP contribution in [-0.2, 0) is 4.74 Å². The van der Waals surface area contributed by atoms with Gasteiger partial charge < -0.3 is 4.74 Å². The molecule has 5 rings (SSSR count). The molecule has 0 aromatic heterocycles. The Hall–Kier alpha value is -0.560. The van der Waals surface area contributed by atoms with Crippen molar-refractivity contribution in [1.29, 1.82) is 0 Å². The van der Waals surface area contributed by atoms with Gasteiger partial charge >= 0.3 is 0 Å². The molecule has 0 aromatic carbocycles. The van der Waals surface area contributed by atoms with Crippen LogP contribution in [0.4, 0.5) is 0 Å². The molecular formula is C33H54O. The first-order valence-corrected chi connectivity index (χ1v) is 14.6. The molecule has 1 aliphatic heterocycles.